The molecule has 1 saturated heterocycles. The van der Waals surface area contributed by atoms with Gasteiger partial charge in [0.2, 0.25) is 5.91 Å². The molecular formula is C23H30F3N3O3. The summed E-state index contributed by atoms with van der Waals surface area (Å²) in [5.41, 5.74) is -1.06. The molecule has 1 aliphatic carbocycles. The Balaban J connectivity index is 1.60. The largest absolute Gasteiger partial charge is 0.416 e. The topological polar surface area (TPSA) is 69.7 Å². The average molecular weight is 454 g/mol. The number of nitrogens with zero attached hydrogens (tertiary/aromatic N) is 2. The first-order valence-electron chi connectivity index (χ1n) is 10.8. The number of alkyl halides is 3. The molecule has 6 nitrogen and oxygen atoms in total. The summed E-state index contributed by atoms with van der Waals surface area (Å²) in [4.78, 5) is 40.5. The fraction of sp³-hybridized carbons (Fsp3) is 0.609. The molecular weight excluding hydrogens is 423 g/mol. The van der Waals surface area contributed by atoms with Gasteiger partial charge in [0.25, 0.3) is 5.91 Å². The maximum absolute atomic E-state index is 13.1. The summed E-state index contributed by atoms with van der Waals surface area (Å²) < 4.78 is 38.1. The van der Waals surface area contributed by atoms with Gasteiger partial charge in [-0.25, -0.2) is 4.79 Å². The first kappa shape index (κ1) is 24.1. The van der Waals surface area contributed by atoms with Crippen molar-refractivity contribution >= 4 is 17.8 Å². The van der Waals surface area contributed by atoms with Crippen LogP contribution in [0.25, 0.3) is 0 Å². The van der Waals surface area contributed by atoms with Gasteiger partial charge in [0.1, 0.15) is 12.1 Å². The fourth-order valence-electron chi connectivity index (χ4n) is 4.55. The number of rotatable bonds is 4. The van der Waals surface area contributed by atoms with E-state index in [-0.39, 0.29) is 17.9 Å². The lowest BCUT2D eigenvalue weighted by atomic mass is 9.67. The summed E-state index contributed by atoms with van der Waals surface area (Å²) in [6.07, 6.45) is -1.68. The van der Waals surface area contributed by atoms with Gasteiger partial charge < -0.3 is 10.2 Å². The second-order valence-electron chi connectivity index (χ2n) is 9.99. The Hall–Kier alpha value is -2.58. The van der Waals surface area contributed by atoms with Gasteiger partial charge in [-0.15, -0.1) is 0 Å². The number of imide groups is 1. The van der Waals surface area contributed by atoms with Gasteiger partial charge in [-0.3, -0.25) is 14.5 Å². The molecule has 2 aliphatic rings. The lowest BCUT2D eigenvalue weighted by molar-refractivity contribution is -0.139. The highest BCUT2D eigenvalue weighted by Crippen LogP contribution is 2.43. The van der Waals surface area contributed by atoms with Crippen LogP contribution in [-0.4, -0.2) is 46.8 Å². The number of hydrogen-bond donors (Lipinski definition) is 1. The first-order chi connectivity index (χ1) is 14.7. The molecule has 0 aromatic heterocycles. The number of amides is 4. The summed E-state index contributed by atoms with van der Waals surface area (Å²) in [7, 11) is 1.49. The third kappa shape index (κ3) is 4.91. The normalized spacial score (nSPS) is 24.1. The van der Waals surface area contributed by atoms with Gasteiger partial charge in [-0.2, -0.15) is 13.2 Å². The van der Waals surface area contributed by atoms with E-state index >= 15 is 0 Å². The fourth-order valence-corrected chi connectivity index (χ4v) is 4.55. The molecule has 0 atom stereocenters. The first-order valence-corrected chi connectivity index (χ1v) is 10.8. The number of halogens is 3. The molecule has 0 unspecified atom stereocenters. The second kappa shape index (κ2) is 8.41. The number of carbonyl (C=O) groups is 3. The Bertz CT molecular complexity index is 882. The van der Waals surface area contributed by atoms with Crippen molar-refractivity contribution in [1.82, 2.24) is 15.1 Å². The highest BCUT2D eigenvalue weighted by molar-refractivity contribution is 6.09. The van der Waals surface area contributed by atoms with Crippen LogP contribution in [0.3, 0.4) is 0 Å². The zero-order valence-corrected chi connectivity index (χ0v) is 18.9. The Morgan fingerprint density at radius 1 is 1.12 bits per heavy atom. The van der Waals surface area contributed by atoms with Crippen molar-refractivity contribution in [3.63, 3.8) is 0 Å². The number of nitrogens with one attached hydrogen (secondary N) is 1. The third-order valence-corrected chi connectivity index (χ3v) is 6.73. The second-order valence-corrected chi connectivity index (χ2v) is 9.99. The molecule has 4 amide bonds. The monoisotopic (exact) mass is 453 g/mol. The van der Waals surface area contributed by atoms with Crippen molar-refractivity contribution in [2.45, 2.75) is 64.7 Å². The van der Waals surface area contributed by atoms with Gasteiger partial charge >= 0.3 is 12.2 Å². The molecule has 1 heterocycles. The number of hydrogen-bond acceptors (Lipinski definition) is 3. The van der Waals surface area contributed by atoms with Crippen LogP contribution in [0.15, 0.2) is 24.3 Å². The summed E-state index contributed by atoms with van der Waals surface area (Å²) in [5.74, 6) is -0.372. The van der Waals surface area contributed by atoms with Crippen LogP contribution in [0.5, 0.6) is 0 Å². The molecule has 1 aliphatic heterocycles. The van der Waals surface area contributed by atoms with E-state index in [1.165, 1.54) is 24.1 Å². The van der Waals surface area contributed by atoms with Crippen molar-refractivity contribution in [2.75, 3.05) is 13.6 Å². The van der Waals surface area contributed by atoms with Gasteiger partial charge in [0.05, 0.1) is 5.56 Å². The van der Waals surface area contributed by atoms with Gasteiger partial charge in [0, 0.05) is 13.6 Å². The van der Waals surface area contributed by atoms with Crippen LogP contribution in [0.2, 0.25) is 0 Å². The third-order valence-electron chi connectivity index (χ3n) is 6.73. The van der Waals surface area contributed by atoms with E-state index in [0.717, 1.165) is 29.9 Å². The van der Waals surface area contributed by atoms with Crippen molar-refractivity contribution in [3.05, 3.63) is 35.4 Å². The van der Waals surface area contributed by atoms with Crippen molar-refractivity contribution in [3.8, 4) is 0 Å². The predicted molar refractivity (Wildman–Crippen MR) is 112 cm³/mol. The van der Waals surface area contributed by atoms with E-state index in [9.17, 15) is 27.6 Å². The maximum atomic E-state index is 13.1. The number of benzene rings is 1. The molecule has 1 spiro atoms. The predicted octanol–water partition coefficient (Wildman–Crippen LogP) is 4.19. The smallest absolute Gasteiger partial charge is 0.340 e. The molecule has 1 saturated carbocycles. The summed E-state index contributed by atoms with van der Waals surface area (Å²) >= 11 is 0. The van der Waals surface area contributed by atoms with E-state index in [4.69, 9.17) is 0 Å². The van der Waals surface area contributed by atoms with Crippen LogP contribution in [0.4, 0.5) is 18.0 Å². The number of carbonyl (C=O) groups excluding carboxylic acids is 3. The van der Waals surface area contributed by atoms with E-state index < -0.39 is 35.8 Å². The SMILES string of the molecule is CN(Cc1ccc(C(F)(F)F)cc1)C(=O)CN1C(=O)NC2(CCC(C(C)(C)C)CC2)C1=O. The van der Waals surface area contributed by atoms with Crippen molar-refractivity contribution in [2.24, 2.45) is 11.3 Å². The number of likely N-dealkylation sites (N-methyl/N-ethyl adjacent to an activating group) is 1. The zero-order chi connectivity index (χ0) is 23.9. The van der Waals surface area contributed by atoms with E-state index in [1.807, 2.05) is 0 Å². The zero-order valence-electron chi connectivity index (χ0n) is 18.9. The maximum Gasteiger partial charge on any atom is 0.416 e. The Kier molecular flexibility index (Phi) is 6.32. The van der Waals surface area contributed by atoms with Crippen LogP contribution < -0.4 is 5.32 Å². The van der Waals surface area contributed by atoms with Gasteiger partial charge in [0.15, 0.2) is 0 Å². The Labute approximate surface area is 186 Å². The molecule has 2 fully saturated rings. The molecule has 1 aromatic carbocycles. The van der Waals surface area contributed by atoms with Crippen LogP contribution in [0.1, 0.15) is 57.6 Å². The molecule has 0 bridgehead atoms. The standard InChI is InChI=1S/C23H30F3N3O3/c1-21(2,3)16-9-11-22(12-10-16)19(31)29(20(32)27-22)14-18(30)28(4)13-15-5-7-17(8-6-15)23(24,25)26/h5-8,16H,9-14H2,1-4H3,(H,27,32). The molecule has 176 valence electrons. The lowest BCUT2D eigenvalue weighted by Gasteiger charge is -2.40. The van der Waals surface area contributed by atoms with E-state index in [2.05, 4.69) is 26.1 Å². The Morgan fingerprint density at radius 2 is 1.69 bits per heavy atom. The Morgan fingerprint density at radius 3 is 2.19 bits per heavy atom. The van der Waals surface area contributed by atoms with Gasteiger partial charge in [-0.05, 0) is 54.7 Å². The van der Waals surface area contributed by atoms with E-state index in [1.54, 1.807) is 0 Å². The average Bonchev–Trinajstić information content (AvgIpc) is 2.91. The van der Waals surface area contributed by atoms with Crippen LogP contribution in [0, 0.1) is 11.3 Å². The minimum Gasteiger partial charge on any atom is -0.340 e. The summed E-state index contributed by atoms with van der Waals surface area (Å²) in [6.45, 7) is 6.18. The molecule has 32 heavy (non-hydrogen) atoms. The minimum atomic E-state index is -4.42. The van der Waals surface area contributed by atoms with E-state index in [0.29, 0.717) is 24.3 Å². The summed E-state index contributed by atoms with van der Waals surface area (Å²) in [6, 6.07) is 3.97. The molecule has 1 aromatic rings. The highest BCUT2D eigenvalue weighted by Gasteiger charge is 2.53. The molecule has 1 N–H and O–H groups in total. The lowest BCUT2D eigenvalue weighted by Crippen LogP contribution is -2.51. The number of urea groups is 1. The minimum absolute atomic E-state index is 0.0685. The molecule has 0 radical (unpaired) electrons. The highest BCUT2D eigenvalue weighted by atomic mass is 19.4. The van der Waals surface area contributed by atoms with Crippen LogP contribution in [-0.2, 0) is 22.3 Å². The molecule has 3 rings (SSSR count). The quantitative estimate of drug-likeness (QED) is 0.695. The molecule has 9 heteroatoms. The van der Waals surface area contributed by atoms with Gasteiger partial charge in [-0.1, -0.05) is 32.9 Å². The van der Waals surface area contributed by atoms with Crippen molar-refractivity contribution in [1.29, 1.82) is 0 Å². The van der Waals surface area contributed by atoms with Crippen molar-refractivity contribution < 1.29 is 27.6 Å². The van der Waals surface area contributed by atoms with Crippen LogP contribution >= 0.6 is 0 Å². The summed E-state index contributed by atoms with van der Waals surface area (Å²) in [5, 5.41) is 2.82.